The molecule has 4 heterocycles. The van der Waals surface area contributed by atoms with Crippen LogP contribution in [0.2, 0.25) is 0 Å². The lowest BCUT2D eigenvalue weighted by atomic mass is 10.1. The minimum Gasteiger partial charge on any atom is -0.389 e. The first-order valence-electron chi connectivity index (χ1n) is 10.2. The molecule has 1 aliphatic carbocycles. The van der Waals surface area contributed by atoms with Gasteiger partial charge in [-0.2, -0.15) is 10.1 Å². The van der Waals surface area contributed by atoms with Crippen molar-refractivity contribution in [3.05, 3.63) is 29.9 Å². The van der Waals surface area contributed by atoms with Crippen molar-refractivity contribution in [2.45, 2.75) is 52.0 Å². The van der Waals surface area contributed by atoms with Crippen LogP contribution in [0.3, 0.4) is 0 Å². The first-order chi connectivity index (χ1) is 13.1. The van der Waals surface area contributed by atoms with Gasteiger partial charge in [0.05, 0.1) is 11.9 Å². The zero-order valence-electron chi connectivity index (χ0n) is 16.5. The molecule has 2 aromatic rings. The van der Waals surface area contributed by atoms with Crippen LogP contribution >= 0.6 is 0 Å². The lowest BCUT2D eigenvalue weighted by molar-refractivity contribution is 0.416. The molecule has 3 aliphatic rings. The number of fused-ring (bicyclic) bond motifs is 1. The van der Waals surface area contributed by atoms with Crippen LogP contribution in [-0.4, -0.2) is 51.8 Å². The van der Waals surface area contributed by atoms with E-state index in [1.807, 2.05) is 20.0 Å². The average molecular weight is 370 g/mol. The smallest absolute Gasteiger partial charge is 0.252 e. The van der Waals surface area contributed by atoms with E-state index in [0.717, 1.165) is 49.3 Å². The molecule has 27 heavy (non-hydrogen) atoms. The van der Waals surface area contributed by atoms with Gasteiger partial charge in [-0.25, -0.2) is 9.50 Å². The Bertz CT molecular complexity index is 800. The number of anilines is 1. The number of piperidine rings is 1. The number of allylic oxidation sites excluding steroid dienone is 1. The molecule has 0 radical (unpaired) electrons. The second kappa shape index (κ2) is 7.84. The molecule has 1 saturated carbocycles. The number of piperazine rings is 1. The molecule has 2 aliphatic heterocycles. The standard InChI is InChI=1S/C14H20N6.C6H11N/c1-9-7-20-14(16-9)17-13(10(2)18-20)19-6-5-15-12(8-19)11-3-4-11;1-6-4-2-3-5-7-6/h7,11-12,15H,3-6,8H2,1-2H3;7H,1-5H2. The predicted molar refractivity (Wildman–Crippen MR) is 108 cm³/mol. The van der Waals surface area contributed by atoms with Crippen LogP contribution in [0.15, 0.2) is 18.5 Å². The number of rotatable bonds is 2. The van der Waals surface area contributed by atoms with E-state index in [1.54, 1.807) is 4.52 Å². The summed E-state index contributed by atoms with van der Waals surface area (Å²) in [5.41, 5.74) is 3.15. The third-order valence-electron chi connectivity index (χ3n) is 5.55. The number of hydrogen-bond donors (Lipinski definition) is 2. The van der Waals surface area contributed by atoms with Crippen molar-refractivity contribution in [2.24, 2.45) is 5.92 Å². The van der Waals surface area contributed by atoms with E-state index in [2.05, 4.69) is 32.2 Å². The Morgan fingerprint density at radius 2 is 2.00 bits per heavy atom. The molecule has 3 fully saturated rings. The zero-order chi connectivity index (χ0) is 18.8. The first kappa shape index (κ1) is 18.2. The van der Waals surface area contributed by atoms with Crippen LogP contribution < -0.4 is 15.5 Å². The lowest BCUT2D eigenvalue weighted by Gasteiger charge is -2.35. The molecular formula is C20H31N7. The van der Waals surface area contributed by atoms with Crippen LogP contribution in [0.5, 0.6) is 0 Å². The predicted octanol–water partition coefficient (Wildman–Crippen LogP) is 2.20. The third-order valence-corrected chi connectivity index (χ3v) is 5.55. The van der Waals surface area contributed by atoms with Crippen molar-refractivity contribution in [2.75, 3.05) is 31.1 Å². The van der Waals surface area contributed by atoms with E-state index in [-0.39, 0.29) is 0 Å². The summed E-state index contributed by atoms with van der Waals surface area (Å²) in [6.45, 7) is 12.0. The molecule has 1 atom stereocenters. The summed E-state index contributed by atoms with van der Waals surface area (Å²) >= 11 is 0. The van der Waals surface area contributed by atoms with Crippen molar-refractivity contribution < 1.29 is 0 Å². The highest BCUT2D eigenvalue weighted by molar-refractivity contribution is 5.48. The van der Waals surface area contributed by atoms with Gasteiger partial charge in [-0.3, -0.25) is 0 Å². The van der Waals surface area contributed by atoms with Crippen molar-refractivity contribution in [1.29, 1.82) is 0 Å². The van der Waals surface area contributed by atoms with Crippen molar-refractivity contribution in [3.8, 4) is 0 Å². The Balaban J connectivity index is 0.000000218. The molecule has 2 N–H and O–H groups in total. The largest absolute Gasteiger partial charge is 0.389 e. The maximum Gasteiger partial charge on any atom is 0.252 e. The highest BCUT2D eigenvalue weighted by atomic mass is 15.3. The van der Waals surface area contributed by atoms with Crippen LogP contribution in [-0.2, 0) is 0 Å². The number of nitrogens with one attached hydrogen (secondary N) is 2. The van der Waals surface area contributed by atoms with E-state index in [4.69, 9.17) is 4.98 Å². The monoisotopic (exact) mass is 369 g/mol. The summed E-state index contributed by atoms with van der Waals surface area (Å²) in [4.78, 5) is 11.5. The fourth-order valence-electron chi connectivity index (χ4n) is 3.91. The maximum atomic E-state index is 4.72. The van der Waals surface area contributed by atoms with Gasteiger partial charge in [0, 0.05) is 37.9 Å². The van der Waals surface area contributed by atoms with Gasteiger partial charge in [0.1, 0.15) is 5.69 Å². The molecule has 1 unspecified atom stereocenters. The van der Waals surface area contributed by atoms with Gasteiger partial charge in [0.25, 0.3) is 5.78 Å². The van der Waals surface area contributed by atoms with E-state index in [1.165, 1.54) is 37.8 Å². The quantitative estimate of drug-likeness (QED) is 0.846. The fourth-order valence-corrected chi connectivity index (χ4v) is 3.91. The highest BCUT2D eigenvalue weighted by Crippen LogP contribution is 2.34. The molecule has 0 spiro atoms. The zero-order valence-corrected chi connectivity index (χ0v) is 16.5. The number of aryl methyl sites for hydroxylation is 2. The molecule has 146 valence electrons. The molecule has 7 heteroatoms. The summed E-state index contributed by atoms with van der Waals surface area (Å²) in [5.74, 6) is 2.56. The minimum absolute atomic E-state index is 0.614. The SMILES string of the molecule is C=C1CCCCN1.Cc1cn2nc(C)c(N3CCNC(C4CC4)C3)nc2n1. The summed E-state index contributed by atoms with van der Waals surface area (Å²) in [7, 11) is 0. The molecular weight excluding hydrogens is 338 g/mol. The van der Waals surface area contributed by atoms with Gasteiger partial charge in [0.2, 0.25) is 0 Å². The van der Waals surface area contributed by atoms with Gasteiger partial charge < -0.3 is 15.5 Å². The fraction of sp³-hybridized carbons (Fsp3) is 0.650. The van der Waals surface area contributed by atoms with Crippen LogP contribution in [0.1, 0.15) is 43.5 Å². The van der Waals surface area contributed by atoms with Crippen LogP contribution in [0.4, 0.5) is 5.82 Å². The topological polar surface area (TPSA) is 70.4 Å². The Kier molecular flexibility index (Phi) is 5.29. The molecule has 0 amide bonds. The van der Waals surface area contributed by atoms with Gasteiger partial charge in [0.15, 0.2) is 5.82 Å². The molecule has 2 saturated heterocycles. The molecule has 0 aromatic carbocycles. The van der Waals surface area contributed by atoms with E-state index in [0.29, 0.717) is 11.8 Å². The maximum absolute atomic E-state index is 4.72. The Morgan fingerprint density at radius 1 is 1.15 bits per heavy atom. The summed E-state index contributed by atoms with van der Waals surface area (Å²) in [5, 5.41) is 11.4. The van der Waals surface area contributed by atoms with Gasteiger partial charge in [-0.1, -0.05) is 6.58 Å². The second-order valence-electron chi connectivity index (χ2n) is 7.98. The van der Waals surface area contributed by atoms with E-state index >= 15 is 0 Å². The number of nitrogens with zero attached hydrogens (tertiary/aromatic N) is 5. The molecule has 7 nitrogen and oxygen atoms in total. The summed E-state index contributed by atoms with van der Waals surface area (Å²) in [6, 6.07) is 0.614. The van der Waals surface area contributed by atoms with E-state index < -0.39 is 0 Å². The van der Waals surface area contributed by atoms with E-state index in [9.17, 15) is 0 Å². The van der Waals surface area contributed by atoms with Crippen molar-refractivity contribution in [1.82, 2.24) is 30.2 Å². The van der Waals surface area contributed by atoms with Gasteiger partial charge >= 0.3 is 0 Å². The summed E-state index contributed by atoms with van der Waals surface area (Å²) in [6.07, 6.45) is 8.48. The molecule has 2 aromatic heterocycles. The Labute approximate surface area is 161 Å². The Hall–Kier alpha value is -2.15. The molecule has 5 rings (SSSR count). The van der Waals surface area contributed by atoms with Crippen molar-refractivity contribution >= 4 is 11.6 Å². The van der Waals surface area contributed by atoms with Crippen LogP contribution in [0.25, 0.3) is 5.78 Å². The number of hydrogen-bond acceptors (Lipinski definition) is 6. The van der Waals surface area contributed by atoms with Crippen molar-refractivity contribution in [3.63, 3.8) is 0 Å². The summed E-state index contributed by atoms with van der Waals surface area (Å²) < 4.78 is 1.77. The first-order valence-corrected chi connectivity index (χ1v) is 10.2. The minimum atomic E-state index is 0.614. The third kappa shape index (κ3) is 4.40. The molecule has 0 bridgehead atoms. The number of aromatic nitrogens is 4. The normalized spacial score (nSPS) is 23.0. The van der Waals surface area contributed by atoms with Gasteiger partial charge in [-0.15, -0.1) is 0 Å². The second-order valence-corrected chi connectivity index (χ2v) is 7.98. The van der Waals surface area contributed by atoms with Gasteiger partial charge in [-0.05, 0) is 51.9 Å². The number of imidazole rings is 1. The Morgan fingerprint density at radius 3 is 2.67 bits per heavy atom. The van der Waals surface area contributed by atoms with Crippen LogP contribution in [0, 0.1) is 19.8 Å². The highest BCUT2D eigenvalue weighted by Gasteiger charge is 2.34. The lowest BCUT2D eigenvalue weighted by Crippen LogP contribution is -2.52. The average Bonchev–Trinajstić information content (AvgIpc) is 3.45.